The average molecular weight is 170 g/mol. The number of nitrogens with zero attached hydrogens (tertiary/aromatic N) is 2. The van der Waals surface area contributed by atoms with E-state index in [1.165, 1.54) is 0 Å². The maximum atomic E-state index is 4.21. The lowest BCUT2D eigenvalue weighted by molar-refractivity contribution is 0.709. The van der Waals surface area contributed by atoms with Gasteiger partial charge in [0.1, 0.15) is 0 Å². The van der Waals surface area contributed by atoms with Crippen molar-refractivity contribution in [3.8, 4) is 0 Å². The van der Waals surface area contributed by atoms with Gasteiger partial charge < -0.3 is 0 Å². The molecule has 0 bridgehead atoms. The van der Waals surface area contributed by atoms with Crippen LogP contribution >= 0.6 is 0 Å². The molecule has 0 unspecified atom stereocenters. The summed E-state index contributed by atoms with van der Waals surface area (Å²) in [7, 11) is 0. The van der Waals surface area contributed by atoms with Gasteiger partial charge in [-0.3, -0.25) is 9.98 Å². The summed E-state index contributed by atoms with van der Waals surface area (Å²) in [5.41, 5.74) is -0.204. The lowest BCUT2D eigenvalue weighted by atomic mass is 10.1. The molecule has 0 spiro atoms. The first-order chi connectivity index (χ1) is 5.48. The van der Waals surface area contributed by atoms with E-state index in [0.717, 1.165) is 0 Å². The van der Waals surface area contributed by atoms with E-state index in [1.54, 1.807) is 0 Å². The van der Waals surface area contributed by atoms with E-state index in [9.17, 15) is 0 Å². The Balaban J connectivity index is 0. The van der Waals surface area contributed by atoms with E-state index in [1.807, 2.05) is 47.8 Å². The standard InChI is InChI=1S/C8H16N2.C2H6/c1-7(2)10-6-8(3,4)9-5;1-2/h6-7H,5H2,1-4H3;1-2H3. The predicted octanol–water partition coefficient (Wildman–Crippen LogP) is 2.97. The van der Waals surface area contributed by atoms with Crippen molar-refractivity contribution in [1.29, 1.82) is 0 Å². The van der Waals surface area contributed by atoms with Gasteiger partial charge in [0.05, 0.1) is 5.54 Å². The van der Waals surface area contributed by atoms with Gasteiger partial charge in [0.15, 0.2) is 0 Å². The van der Waals surface area contributed by atoms with Crippen LogP contribution in [0.5, 0.6) is 0 Å². The van der Waals surface area contributed by atoms with E-state index in [2.05, 4.69) is 16.7 Å². The zero-order valence-electron chi connectivity index (χ0n) is 9.26. The SMILES string of the molecule is C=NC(C)(C)C=NC(C)C.CC. The lowest BCUT2D eigenvalue weighted by Crippen LogP contribution is -2.18. The molecule has 0 aromatic rings. The fraction of sp³-hybridized carbons (Fsp3) is 0.800. The van der Waals surface area contributed by atoms with Gasteiger partial charge in [0, 0.05) is 12.3 Å². The molecule has 0 heterocycles. The normalized spacial score (nSPS) is 11.2. The summed E-state index contributed by atoms with van der Waals surface area (Å²) in [5, 5.41) is 0. The van der Waals surface area contributed by atoms with Gasteiger partial charge in [0.25, 0.3) is 0 Å². The van der Waals surface area contributed by atoms with Gasteiger partial charge >= 0.3 is 0 Å². The molecule has 0 saturated heterocycles. The highest BCUT2D eigenvalue weighted by atomic mass is 14.9. The second-order valence-electron chi connectivity index (χ2n) is 3.18. The average Bonchev–Trinajstić information content (AvgIpc) is 2.05. The molecule has 0 atom stereocenters. The molecule has 0 radical (unpaired) electrons. The molecule has 12 heavy (non-hydrogen) atoms. The first kappa shape index (κ1) is 13.9. The van der Waals surface area contributed by atoms with Gasteiger partial charge in [-0.15, -0.1) is 0 Å². The Bertz CT molecular complexity index is 135. The Kier molecular flexibility index (Phi) is 8.12. The minimum Gasteiger partial charge on any atom is -0.292 e. The monoisotopic (exact) mass is 170 g/mol. The van der Waals surface area contributed by atoms with Gasteiger partial charge in [-0.25, -0.2) is 0 Å². The number of hydrogen-bond acceptors (Lipinski definition) is 2. The first-order valence-electron chi connectivity index (χ1n) is 4.50. The van der Waals surface area contributed by atoms with E-state index in [-0.39, 0.29) is 5.54 Å². The summed E-state index contributed by atoms with van der Waals surface area (Å²) in [5.74, 6) is 0. The van der Waals surface area contributed by atoms with E-state index >= 15 is 0 Å². The molecular formula is C10H22N2. The summed E-state index contributed by atoms with van der Waals surface area (Å²) in [6, 6.07) is 0.348. The maximum Gasteiger partial charge on any atom is 0.0889 e. The van der Waals surface area contributed by atoms with Crippen molar-refractivity contribution in [2.75, 3.05) is 0 Å². The third-order valence-corrected chi connectivity index (χ3v) is 1.10. The second-order valence-corrected chi connectivity index (χ2v) is 3.18. The first-order valence-corrected chi connectivity index (χ1v) is 4.50. The van der Waals surface area contributed by atoms with Crippen molar-refractivity contribution >= 4 is 12.9 Å². The molecule has 0 aliphatic rings. The zero-order chi connectivity index (χ0) is 10.2. The molecular weight excluding hydrogens is 148 g/mol. The summed E-state index contributed by atoms with van der Waals surface area (Å²) in [4.78, 5) is 8.10. The van der Waals surface area contributed by atoms with E-state index < -0.39 is 0 Å². The molecule has 72 valence electrons. The summed E-state index contributed by atoms with van der Waals surface area (Å²) in [6.07, 6.45) is 1.84. The zero-order valence-corrected chi connectivity index (χ0v) is 9.26. The topological polar surface area (TPSA) is 24.7 Å². The summed E-state index contributed by atoms with van der Waals surface area (Å²) < 4.78 is 0. The van der Waals surface area contributed by atoms with E-state index in [0.29, 0.717) is 6.04 Å². The minimum atomic E-state index is -0.204. The largest absolute Gasteiger partial charge is 0.292 e. The van der Waals surface area contributed by atoms with Crippen molar-refractivity contribution in [2.45, 2.75) is 53.1 Å². The Morgan fingerprint density at radius 2 is 1.67 bits per heavy atom. The van der Waals surface area contributed by atoms with Crippen LogP contribution in [0, 0.1) is 0 Å². The van der Waals surface area contributed by atoms with Gasteiger partial charge in [-0.05, 0) is 34.4 Å². The van der Waals surface area contributed by atoms with Crippen LogP contribution in [0.2, 0.25) is 0 Å². The Morgan fingerprint density at radius 1 is 1.25 bits per heavy atom. The van der Waals surface area contributed by atoms with Crippen molar-refractivity contribution < 1.29 is 0 Å². The molecule has 0 aliphatic heterocycles. The Morgan fingerprint density at radius 3 is 1.92 bits per heavy atom. The smallest absolute Gasteiger partial charge is 0.0889 e. The van der Waals surface area contributed by atoms with Gasteiger partial charge in [-0.2, -0.15) is 0 Å². The molecule has 0 aliphatic carbocycles. The van der Waals surface area contributed by atoms with Crippen LogP contribution in [0.15, 0.2) is 9.98 Å². The Hall–Kier alpha value is -0.660. The van der Waals surface area contributed by atoms with Crippen LogP contribution in [0.25, 0.3) is 0 Å². The number of hydrogen-bond donors (Lipinski definition) is 0. The van der Waals surface area contributed by atoms with Crippen LogP contribution in [-0.4, -0.2) is 24.5 Å². The molecule has 0 saturated carbocycles. The fourth-order valence-corrected chi connectivity index (χ4v) is 0.372. The van der Waals surface area contributed by atoms with Crippen molar-refractivity contribution in [2.24, 2.45) is 9.98 Å². The molecule has 0 N–H and O–H groups in total. The third kappa shape index (κ3) is 9.34. The third-order valence-electron chi connectivity index (χ3n) is 1.10. The van der Waals surface area contributed by atoms with Crippen molar-refractivity contribution in [3.63, 3.8) is 0 Å². The highest BCUT2D eigenvalue weighted by Crippen LogP contribution is 2.03. The van der Waals surface area contributed by atoms with Gasteiger partial charge in [-0.1, -0.05) is 13.8 Å². The lowest BCUT2D eigenvalue weighted by Gasteiger charge is -2.11. The highest BCUT2D eigenvalue weighted by Gasteiger charge is 2.09. The predicted molar refractivity (Wildman–Crippen MR) is 58.6 cm³/mol. The van der Waals surface area contributed by atoms with Crippen LogP contribution in [0.3, 0.4) is 0 Å². The van der Waals surface area contributed by atoms with E-state index in [4.69, 9.17) is 0 Å². The fourth-order valence-electron chi connectivity index (χ4n) is 0.372. The summed E-state index contributed by atoms with van der Waals surface area (Å²) >= 11 is 0. The second kappa shape index (κ2) is 7.01. The van der Waals surface area contributed by atoms with Crippen molar-refractivity contribution in [3.05, 3.63) is 0 Å². The highest BCUT2D eigenvalue weighted by molar-refractivity contribution is 5.70. The molecule has 0 fully saturated rings. The minimum absolute atomic E-state index is 0.204. The molecule has 0 rings (SSSR count). The van der Waals surface area contributed by atoms with Crippen LogP contribution in [0.4, 0.5) is 0 Å². The van der Waals surface area contributed by atoms with Crippen molar-refractivity contribution in [1.82, 2.24) is 0 Å². The molecule has 0 aromatic carbocycles. The molecule has 2 heteroatoms. The number of aliphatic imine (C=N–C) groups is 2. The molecule has 2 nitrogen and oxygen atoms in total. The maximum absolute atomic E-state index is 4.21. The van der Waals surface area contributed by atoms with Gasteiger partial charge in [0.2, 0.25) is 0 Å². The van der Waals surface area contributed by atoms with Crippen LogP contribution in [-0.2, 0) is 0 Å². The van der Waals surface area contributed by atoms with Crippen LogP contribution < -0.4 is 0 Å². The number of rotatable bonds is 3. The quantitative estimate of drug-likeness (QED) is 0.582. The summed E-state index contributed by atoms with van der Waals surface area (Å²) in [6.45, 7) is 15.5. The Labute approximate surface area is 76.8 Å². The van der Waals surface area contributed by atoms with Crippen LogP contribution in [0.1, 0.15) is 41.5 Å². The molecule has 0 aromatic heterocycles. The molecule has 0 amide bonds.